The topological polar surface area (TPSA) is 12.9 Å². The number of nitrogens with zero attached hydrogens (tertiary/aromatic N) is 1. The number of hydrogen-bond donors (Lipinski definition) is 0. The predicted molar refractivity (Wildman–Crippen MR) is 212 cm³/mol. The van der Waals surface area contributed by atoms with Crippen LogP contribution in [-0.2, 0) is 0 Å². The van der Waals surface area contributed by atoms with Gasteiger partial charge in [-0.2, -0.15) is 0 Å². The second-order valence-corrected chi connectivity index (χ2v) is 12.7. The first-order valence-corrected chi connectivity index (χ1v) is 17.1. The first-order valence-electron chi connectivity index (χ1n) is 17.1. The molecule has 50 heavy (non-hydrogen) atoms. The minimum atomic E-state index is 0.983. The van der Waals surface area contributed by atoms with Gasteiger partial charge in [0.15, 0.2) is 0 Å². The summed E-state index contributed by atoms with van der Waals surface area (Å²) in [6, 6.07) is 69.7. The molecule has 1 nitrogen and oxygen atoms in total. The van der Waals surface area contributed by atoms with E-state index in [1.807, 2.05) is 6.20 Å². The van der Waals surface area contributed by atoms with Gasteiger partial charge in [0.25, 0.3) is 0 Å². The standard InChI is InChI=1S/C49H33N/c1-5-15-34(16-6-1)41-32-45(49(50-33-41)39-21-11-4-12-22-39)36-27-25-35(26-28-36)40-29-30-44-46(31-40)48(38-19-9-3-10-20-38)43-24-14-13-23-42(43)47(44)37-17-7-2-8-18-37/h1-33H. The Labute approximate surface area is 292 Å². The molecule has 8 aromatic carbocycles. The van der Waals surface area contributed by atoms with Crippen LogP contribution in [0.1, 0.15) is 0 Å². The molecular weight excluding hydrogens is 603 g/mol. The highest BCUT2D eigenvalue weighted by atomic mass is 14.7. The van der Waals surface area contributed by atoms with Crippen molar-refractivity contribution in [3.05, 3.63) is 200 Å². The van der Waals surface area contributed by atoms with Gasteiger partial charge in [-0.25, -0.2) is 0 Å². The lowest BCUT2D eigenvalue weighted by Gasteiger charge is -2.19. The predicted octanol–water partition coefficient (Wildman–Crippen LogP) is 13.4. The highest BCUT2D eigenvalue weighted by Gasteiger charge is 2.18. The van der Waals surface area contributed by atoms with Gasteiger partial charge in [0.1, 0.15) is 0 Å². The number of fused-ring (bicyclic) bond motifs is 2. The van der Waals surface area contributed by atoms with Crippen molar-refractivity contribution < 1.29 is 0 Å². The van der Waals surface area contributed by atoms with E-state index in [0.29, 0.717) is 0 Å². The van der Waals surface area contributed by atoms with E-state index in [-0.39, 0.29) is 0 Å². The number of rotatable bonds is 6. The van der Waals surface area contributed by atoms with E-state index in [4.69, 9.17) is 4.98 Å². The Kier molecular flexibility index (Phi) is 7.57. The molecule has 0 aliphatic heterocycles. The van der Waals surface area contributed by atoms with E-state index in [0.717, 1.165) is 33.5 Å². The van der Waals surface area contributed by atoms with Crippen molar-refractivity contribution in [2.75, 3.05) is 0 Å². The van der Waals surface area contributed by atoms with E-state index >= 15 is 0 Å². The third kappa shape index (κ3) is 5.36. The van der Waals surface area contributed by atoms with Gasteiger partial charge in [-0.1, -0.05) is 182 Å². The van der Waals surface area contributed by atoms with Crippen LogP contribution in [0.4, 0.5) is 0 Å². The van der Waals surface area contributed by atoms with Crippen LogP contribution < -0.4 is 0 Å². The molecule has 0 fully saturated rings. The Morgan fingerprint density at radius 1 is 0.260 bits per heavy atom. The number of benzene rings is 8. The van der Waals surface area contributed by atoms with Crippen molar-refractivity contribution >= 4 is 21.5 Å². The Morgan fingerprint density at radius 3 is 1.26 bits per heavy atom. The SMILES string of the molecule is c1ccc(-c2cnc(-c3ccccc3)c(-c3ccc(-c4ccc5c(-c6ccccc6)c6ccccc6c(-c6ccccc6)c5c4)cc3)c2)cc1. The molecule has 0 aliphatic carbocycles. The molecule has 1 heteroatoms. The Hall–Kier alpha value is -6.57. The molecule has 0 atom stereocenters. The van der Waals surface area contributed by atoms with Gasteiger partial charge < -0.3 is 0 Å². The average molecular weight is 636 g/mol. The first kappa shape index (κ1) is 29.6. The Balaban J connectivity index is 1.21. The average Bonchev–Trinajstić information content (AvgIpc) is 3.21. The Morgan fingerprint density at radius 2 is 0.680 bits per heavy atom. The molecule has 0 amide bonds. The van der Waals surface area contributed by atoms with Crippen LogP contribution in [0.25, 0.3) is 88.4 Å². The molecule has 0 aliphatic rings. The van der Waals surface area contributed by atoms with Crippen LogP contribution >= 0.6 is 0 Å². The summed E-state index contributed by atoms with van der Waals surface area (Å²) >= 11 is 0. The van der Waals surface area contributed by atoms with E-state index in [1.54, 1.807) is 0 Å². The summed E-state index contributed by atoms with van der Waals surface area (Å²) in [4.78, 5) is 5.01. The van der Waals surface area contributed by atoms with Gasteiger partial charge in [0.05, 0.1) is 5.69 Å². The van der Waals surface area contributed by atoms with Crippen molar-refractivity contribution in [3.8, 4) is 66.9 Å². The maximum Gasteiger partial charge on any atom is 0.0780 e. The quantitative estimate of drug-likeness (QED) is 0.166. The molecule has 1 heterocycles. The summed E-state index contributed by atoms with van der Waals surface area (Å²) in [5.41, 5.74) is 14.0. The third-order valence-electron chi connectivity index (χ3n) is 9.72. The largest absolute Gasteiger partial charge is 0.255 e. The molecular formula is C49H33N. The second kappa shape index (κ2) is 12.8. The minimum Gasteiger partial charge on any atom is -0.255 e. The normalized spacial score (nSPS) is 11.2. The van der Waals surface area contributed by atoms with E-state index in [9.17, 15) is 0 Å². The lowest BCUT2D eigenvalue weighted by molar-refractivity contribution is 1.32. The summed E-state index contributed by atoms with van der Waals surface area (Å²) in [5, 5.41) is 5.03. The van der Waals surface area contributed by atoms with Crippen LogP contribution in [0.3, 0.4) is 0 Å². The Bertz CT molecular complexity index is 2590. The van der Waals surface area contributed by atoms with Gasteiger partial charge in [-0.15, -0.1) is 0 Å². The molecule has 9 rings (SSSR count). The second-order valence-electron chi connectivity index (χ2n) is 12.7. The van der Waals surface area contributed by atoms with Gasteiger partial charge in [0.2, 0.25) is 0 Å². The highest BCUT2D eigenvalue weighted by Crippen LogP contribution is 2.45. The molecule has 234 valence electrons. The van der Waals surface area contributed by atoms with Crippen LogP contribution in [0.15, 0.2) is 200 Å². The van der Waals surface area contributed by atoms with E-state index in [1.165, 1.54) is 54.9 Å². The lowest BCUT2D eigenvalue weighted by Crippen LogP contribution is -1.92. The van der Waals surface area contributed by atoms with Crippen molar-refractivity contribution in [2.24, 2.45) is 0 Å². The molecule has 0 spiro atoms. The fourth-order valence-electron chi connectivity index (χ4n) is 7.33. The zero-order chi connectivity index (χ0) is 33.3. The maximum atomic E-state index is 5.01. The molecule has 0 radical (unpaired) electrons. The van der Waals surface area contributed by atoms with E-state index < -0.39 is 0 Å². The number of pyridine rings is 1. The highest BCUT2D eigenvalue weighted by molar-refractivity contribution is 6.22. The molecule has 9 aromatic rings. The zero-order valence-corrected chi connectivity index (χ0v) is 27.5. The number of hydrogen-bond acceptors (Lipinski definition) is 1. The number of aromatic nitrogens is 1. The van der Waals surface area contributed by atoms with Crippen LogP contribution in [0.2, 0.25) is 0 Å². The summed E-state index contributed by atoms with van der Waals surface area (Å²) in [6.07, 6.45) is 1.99. The van der Waals surface area contributed by atoms with Crippen molar-refractivity contribution in [1.29, 1.82) is 0 Å². The lowest BCUT2D eigenvalue weighted by atomic mass is 9.85. The summed E-state index contributed by atoms with van der Waals surface area (Å²) in [5.74, 6) is 0. The molecule has 0 N–H and O–H groups in total. The summed E-state index contributed by atoms with van der Waals surface area (Å²) in [7, 11) is 0. The molecule has 0 saturated carbocycles. The van der Waals surface area contributed by atoms with Gasteiger partial charge in [-0.3, -0.25) is 4.98 Å². The summed E-state index contributed by atoms with van der Waals surface area (Å²) < 4.78 is 0. The smallest absolute Gasteiger partial charge is 0.0780 e. The van der Waals surface area contributed by atoms with Gasteiger partial charge >= 0.3 is 0 Å². The van der Waals surface area contributed by atoms with Crippen LogP contribution in [0, 0.1) is 0 Å². The van der Waals surface area contributed by atoms with Gasteiger partial charge in [-0.05, 0) is 78.2 Å². The van der Waals surface area contributed by atoms with Gasteiger partial charge in [0, 0.05) is 22.9 Å². The van der Waals surface area contributed by atoms with Crippen molar-refractivity contribution in [2.45, 2.75) is 0 Å². The fourth-order valence-corrected chi connectivity index (χ4v) is 7.33. The third-order valence-corrected chi connectivity index (χ3v) is 9.72. The van der Waals surface area contributed by atoms with Crippen LogP contribution in [-0.4, -0.2) is 4.98 Å². The fraction of sp³-hybridized carbons (Fsp3) is 0. The zero-order valence-electron chi connectivity index (χ0n) is 27.5. The van der Waals surface area contributed by atoms with E-state index in [2.05, 4.69) is 194 Å². The molecule has 1 aromatic heterocycles. The van der Waals surface area contributed by atoms with Crippen molar-refractivity contribution in [1.82, 2.24) is 4.98 Å². The molecule has 0 bridgehead atoms. The first-order chi connectivity index (χ1) is 24.8. The molecule has 0 saturated heterocycles. The van der Waals surface area contributed by atoms with Crippen molar-refractivity contribution in [3.63, 3.8) is 0 Å². The molecule has 0 unspecified atom stereocenters. The van der Waals surface area contributed by atoms with Crippen LogP contribution in [0.5, 0.6) is 0 Å². The summed E-state index contributed by atoms with van der Waals surface area (Å²) in [6.45, 7) is 0. The minimum absolute atomic E-state index is 0.983. The monoisotopic (exact) mass is 635 g/mol. The maximum absolute atomic E-state index is 5.01.